The minimum absolute atomic E-state index is 0.175. The van der Waals surface area contributed by atoms with Crippen molar-refractivity contribution in [1.82, 2.24) is 10.2 Å². The van der Waals surface area contributed by atoms with Gasteiger partial charge in [-0.15, -0.1) is 0 Å². The van der Waals surface area contributed by atoms with E-state index in [1.807, 2.05) is 30.3 Å². The van der Waals surface area contributed by atoms with Crippen molar-refractivity contribution >= 4 is 12.0 Å². The van der Waals surface area contributed by atoms with E-state index in [9.17, 15) is 9.59 Å². The molecule has 122 valence electrons. The van der Waals surface area contributed by atoms with Gasteiger partial charge in [-0.25, -0.2) is 9.69 Å². The molecule has 5 heteroatoms. The average molecular weight is 314 g/mol. The van der Waals surface area contributed by atoms with Crippen LogP contribution in [0.3, 0.4) is 0 Å². The Hall–Kier alpha value is -2.30. The monoisotopic (exact) mass is 314 g/mol. The second-order valence-electron chi connectivity index (χ2n) is 6.11. The molecule has 2 amide bonds. The van der Waals surface area contributed by atoms with Crippen LogP contribution in [0.1, 0.15) is 37.7 Å². The molecule has 1 aliphatic carbocycles. The van der Waals surface area contributed by atoms with E-state index in [-0.39, 0.29) is 19.1 Å². The zero-order valence-corrected chi connectivity index (χ0v) is 13.2. The minimum Gasteiger partial charge on any atom is -0.444 e. The van der Waals surface area contributed by atoms with Crippen molar-refractivity contribution in [2.45, 2.75) is 44.8 Å². The van der Waals surface area contributed by atoms with Gasteiger partial charge >= 0.3 is 6.09 Å². The molecular formula is C18H22N2O3. The topological polar surface area (TPSA) is 58.6 Å². The van der Waals surface area contributed by atoms with Crippen LogP contribution in [-0.4, -0.2) is 29.5 Å². The van der Waals surface area contributed by atoms with Gasteiger partial charge in [-0.2, -0.15) is 0 Å². The molecule has 0 unspecified atom stereocenters. The lowest BCUT2D eigenvalue weighted by molar-refractivity contribution is -0.123. The van der Waals surface area contributed by atoms with E-state index < -0.39 is 6.09 Å². The number of nitrogens with zero attached hydrogens (tertiary/aromatic N) is 1. The van der Waals surface area contributed by atoms with Crippen LogP contribution < -0.4 is 5.32 Å². The molecule has 1 aromatic rings. The quantitative estimate of drug-likeness (QED) is 0.928. The van der Waals surface area contributed by atoms with E-state index in [2.05, 4.69) is 5.32 Å². The van der Waals surface area contributed by atoms with Crippen molar-refractivity contribution in [2.75, 3.05) is 6.54 Å². The van der Waals surface area contributed by atoms with Crippen LogP contribution in [0, 0.1) is 0 Å². The Bertz CT molecular complexity index is 592. The van der Waals surface area contributed by atoms with Gasteiger partial charge in [0.25, 0.3) is 5.91 Å². The summed E-state index contributed by atoms with van der Waals surface area (Å²) in [5, 5.41) is 3.40. The molecule has 1 N–H and O–H groups in total. The Labute approximate surface area is 136 Å². The zero-order valence-electron chi connectivity index (χ0n) is 13.2. The molecule has 0 aromatic heterocycles. The third-order valence-electron chi connectivity index (χ3n) is 4.31. The predicted molar refractivity (Wildman–Crippen MR) is 86.4 cm³/mol. The maximum Gasteiger partial charge on any atom is 0.417 e. The summed E-state index contributed by atoms with van der Waals surface area (Å²) in [6.07, 6.45) is 6.92. The fraction of sp³-hybridized carbons (Fsp3) is 0.444. The number of nitrogens with one attached hydrogen (secondary N) is 1. The number of hydrogen-bond acceptors (Lipinski definition) is 4. The normalized spacial score (nSPS) is 18.7. The summed E-state index contributed by atoms with van der Waals surface area (Å²) in [7, 11) is 0. The molecule has 1 aromatic carbocycles. The SMILES string of the molecule is O=C1C=C(NC2CCCCC2)CN1C(=O)OCc1ccccc1. The van der Waals surface area contributed by atoms with Crippen molar-refractivity contribution in [1.29, 1.82) is 0 Å². The van der Waals surface area contributed by atoms with Crippen molar-refractivity contribution in [2.24, 2.45) is 0 Å². The zero-order chi connectivity index (χ0) is 16.1. The lowest BCUT2D eigenvalue weighted by atomic mass is 9.95. The molecule has 1 aliphatic heterocycles. The molecule has 0 spiro atoms. The number of rotatable bonds is 4. The molecule has 0 saturated heterocycles. The van der Waals surface area contributed by atoms with Crippen LogP contribution in [-0.2, 0) is 16.1 Å². The van der Waals surface area contributed by atoms with Crippen molar-refractivity contribution in [3.8, 4) is 0 Å². The van der Waals surface area contributed by atoms with Gasteiger partial charge in [0.05, 0.1) is 6.54 Å². The molecule has 1 heterocycles. The number of imide groups is 1. The first-order valence-corrected chi connectivity index (χ1v) is 8.21. The van der Waals surface area contributed by atoms with Gasteiger partial charge in [-0.1, -0.05) is 49.6 Å². The van der Waals surface area contributed by atoms with Crippen LogP contribution in [0.4, 0.5) is 4.79 Å². The standard InChI is InChI=1S/C18H22N2O3/c21-17-11-16(19-15-9-5-2-6-10-15)12-20(17)18(22)23-13-14-7-3-1-4-8-14/h1,3-4,7-8,11,15,19H,2,5-6,9-10,12-13H2. The first-order valence-electron chi connectivity index (χ1n) is 8.21. The van der Waals surface area contributed by atoms with Crippen LogP contribution in [0.5, 0.6) is 0 Å². The Morgan fingerprint density at radius 2 is 1.91 bits per heavy atom. The summed E-state index contributed by atoms with van der Waals surface area (Å²) in [6, 6.07) is 9.86. The van der Waals surface area contributed by atoms with Crippen LogP contribution in [0.15, 0.2) is 42.1 Å². The summed E-state index contributed by atoms with van der Waals surface area (Å²) < 4.78 is 5.23. The highest BCUT2D eigenvalue weighted by Crippen LogP contribution is 2.20. The largest absolute Gasteiger partial charge is 0.444 e. The fourth-order valence-electron chi connectivity index (χ4n) is 3.07. The van der Waals surface area contributed by atoms with Crippen molar-refractivity contribution in [3.05, 3.63) is 47.7 Å². The van der Waals surface area contributed by atoms with E-state index >= 15 is 0 Å². The Morgan fingerprint density at radius 3 is 2.65 bits per heavy atom. The molecule has 5 nitrogen and oxygen atoms in total. The van der Waals surface area contributed by atoms with Gasteiger partial charge in [0.2, 0.25) is 0 Å². The highest BCUT2D eigenvalue weighted by molar-refractivity contribution is 6.01. The average Bonchev–Trinajstić information content (AvgIpc) is 2.95. The molecule has 1 saturated carbocycles. The van der Waals surface area contributed by atoms with E-state index in [4.69, 9.17) is 4.74 Å². The van der Waals surface area contributed by atoms with E-state index in [0.29, 0.717) is 6.04 Å². The van der Waals surface area contributed by atoms with Gasteiger partial charge in [0, 0.05) is 17.8 Å². The van der Waals surface area contributed by atoms with E-state index in [0.717, 1.165) is 29.0 Å². The first-order chi connectivity index (χ1) is 11.2. The number of carbonyl (C=O) groups is 2. The van der Waals surface area contributed by atoms with Crippen LogP contribution in [0.2, 0.25) is 0 Å². The third kappa shape index (κ3) is 4.12. The Morgan fingerprint density at radius 1 is 1.17 bits per heavy atom. The molecule has 0 radical (unpaired) electrons. The van der Waals surface area contributed by atoms with Crippen LogP contribution in [0.25, 0.3) is 0 Å². The van der Waals surface area contributed by atoms with Crippen molar-refractivity contribution in [3.63, 3.8) is 0 Å². The van der Waals surface area contributed by atoms with Gasteiger partial charge in [0.1, 0.15) is 6.61 Å². The summed E-state index contributed by atoms with van der Waals surface area (Å²) in [5.74, 6) is -0.304. The summed E-state index contributed by atoms with van der Waals surface area (Å²) in [4.78, 5) is 25.2. The Kier molecular flexibility index (Phi) is 4.95. The summed E-state index contributed by atoms with van der Waals surface area (Å²) >= 11 is 0. The second kappa shape index (κ2) is 7.31. The Balaban J connectivity index is 1.49. The number of ether oxygens (including phenoxy) is 1. The maximum atomic E-state index is 12.1. The highest BCUT2D eigenvalue weighted by atomic mass is 16.6. The summed E-state index contributed by atoms with van der Waals surface area (Å²) in [5.41, 5.74) is 1.72. The van der Waals surface area contributed by atoms with Crippen molar-refractivity contribution < 1.29 is 14.3 Å². The van der Waals surface area contributed by atoms with Gasteiger partial charge in [-0.05, 0) is 18.4 Å². The minimum atomic E-state index is -0.587. The third-order valence-corrected chi connectivity index (χ3v) is 4.31. The first kappa shape index (κ1) is 15.6. The number of hydrogen-bond donors (Lipinski definition) is 1. The highest BCUT2D eigenvalue weighted by Gasteiger charge is 2.29. The summed E-state index contributed by atoms with van der Waals surface area (Å²) in [6.45, 7) is 0.456. The number of carbonyl (C=O) groups excluding carboxylic acids is 2. The molecule has 0 bridgehead atoms. The molecular weight excluding hydrogens is 292 g/mol. The van der Waals surface area contributed by atoms with Crippen LogP contribution >= 0.6 is 0 Å². The van der Waals surface area contributed by atoms with Gasteiger partial charge < -0.3 is 10.1 Å². The molecule has 0 atom stereocenters. The molecule has 1 fully saturated rings. The number of benzene rings is 1. The maximum absolute atomic E-state index is 12.1. The van der Waals surface area contributed by atoms with E-state index in [1.54, 1.807) is 0 Å². The number of amides is 2. The van der Waals surface area contributed by atoms with E-state index in [1.165, 1.54) is 25.3 Å². The smallest absolute Gasteiger partial charge is 0.417 e. The lowest BCUT2D eigenvalue weighted by Crippen LogP contribution is -2.36. The molecule has 2 aliphatic rings. The second-order valence-corrected chi connectivity index (χ2v) is 6.11. The fourth-order valence-corrected chi connectivity index (χ4v) is 3.07. The van der Waals surface area contributed by atoms with Gasteiger partial charge in [-0.3, -0.25) is 4.79 Å². The predicted octanol–water partition coefficient (Wildman–Crippen LogP) is 2.97. The lowest BCUT2D eigenvalue weighted by Gasteiger charge is -2.24. The van der Waals surface area contributed by atoms with Gasteiger partial charge in [0.15, 0.2) is 0 Å². The molecule has 3 rings (SSSR count). The molecule has 23 heavy (non-hydrogen) atoms.